The highest BCUT2D eigenvalue weighted by molar-refractivity contribution is 5.82. The lowest BCUT2D eigenvalue weighted by Crippen LogP contribution is -2.54. The summed E-state index contributed by atoms with van der Waals surface area (Å²) >= 11 is 0. The van der Waals surface area contributed by atoms with Gasteiger partial charge >= 0.3 is 0 Å². The van der Waals surface area contributed by atoms with Crippen LogP contribution in [0.3, 0.4) is 0 Å². The smallest absolute Gasteiger partial charge is 0.238 e. The Hall–Kier alpha value is -1.08. The lowest BCUT2D eigenvalue weighted by Gasteiger charge is -2.34. The molecule has 1 aliphatic carbocycles. The number of hydrogen-bond acceptors (Lipinski definition) is 3. The van der Waals surface area contributed by atoms with E-state index in [1.165, 1.54) is 6.42 Å². The van der Waals surface area contributed by atoms with Gasteiger partial charge in [-0.15, -0.1) is 0 Å². The van der Waals surface area contributed by atoms with Crippen molar-refractivity contribution >= 4 is 5.91 Å². The Morgan fingerprint density at radius 3 is 2.33 bits per heavy atom. The van der Waals surface area contributed by atoms with Gasteiger partial charge in [0.1, 0.15) is 5.54 Å². The summed E-state index contributed by atoms with van der Waals surface area (Å²) in [5.74, 6) is -0.0119. The molecule has 0 aromatic rings. The molecule has 1 atom stereocenters. The van der Waals surface area contributed by atoms with E-state index in [1.54, 1.807) is 0 Å². The number of rotatable bonds is 5. The molecule has 0 bridgehead atoms. The second-order valence-corrected chi connectivity index (χ2v) is 5.14. The fourth-order valence-electron chi connectivity index (χ4n) is 2.70. The van der Waals surface area contributed by atoms with Crippen molar-refractivity contribution in [2.24, 2.45) is 0 Å². The molecule has 0 saturated heterocycles. The van der Waals surface area contributed by atoms with Crippen molar-refractivity contribution in [3.8, 4) is 6.07 Å². The van der Waals surface area contributed by atoms with E-state index in [9.17, 15) is 10.1 Å². The average Bonchev–Trinajstić information content (AvgIpc) is 2.41. The number of nitrogens with one attached hydrogen (secondary N) is 1. The highest BCUT2D eigenvalue weighted by Gasteiger charge is 2.35. The van der Waals surface area contributed by atoms with Crippen LogP contribution in [0.5, 0.6) is 0 Å². The Morgan fingerprint density at radius 1 is 1.33 bits per heavy atom. The largest absolute Gasteiger partial charge is 0.336 e. The molecule has 0 aliphatic heterocycles. The Bertz CT molecular complexity index is 311. The van der Waals surface area contributed by atoms with E-state index < -0.39 is 5.54 Å². The number of carbonyl (C=O) groups is 1. The molecular weight excluding hydrogens is 226 g/mol. The van der Waals surface area contributed by atoms with Gasteiger partial charge in [-0.2, -0.15) is 5.26 Å². The second kappa shape index (κ2) is 6.75. The molecule has 1 amide bonds. The van der Waals surface area contributed by atoms with Gasteiger partial charge in [0, 0.05) is 0 Å². The minimum atomic E-state index is -0.614. The van der Waals surface area contributed by atoms with Crippen molar-refractivity contribution < 1.29 is 4.79 Å². The van der Waals surface area contributed by atoms with Crippen LogP contribution in [0.1, 0.15) is 52.9 Å². The number of amides is 1. The lowest BCUT2D eigenvalue weighted by atomic mass is 9.82. The van der Waals surface area contributed by atoms with E-state index in [0.29, 0.717) is 0 Å². The first kappa shape index (κ1) is 15.0. The fourth-order valence-corrected chi connectivity index (χ4v) is 2.70. The van der Waals surface area contributed by atoms with Crippen molar-refractivity contribution in [3.63, 3.8) is 0 Å². The number of nitrogens with zero attached hydrogens (tertiary/aromatic N) is 2. The SMILES string of the molecule is CCN(CC)C(C)C(=O)NC1(C#N)CCCCC1. The van der Waals surface area contributed by atoms with Crippen molar-refractivity contribution in [1.82, 2.24) is 10.2 Å². The maximum absolute atomic E-state index is 12.2. The van der Waals surface area contributed by atoms with Crippen LogP contribution in [0.4, 0.5) is 0 Å². The third kappa shape index (κ3) is 3.46. The van der Waals surface area contributed by atoms with Crippen LogP contribution in [0.25, 0.3) is 0 Å². The summed E-state index contributed by atoms with van der Waals surface area (Å²) in [6.07, 6.45) is 4.83. The summed E-state index contributed by atoms with van der Waals surface area (Å²) < 4.78 is 0. The number of likely N-dealkylation sites (N-methyl/N-ethyl adjacent to an activating group) is 1. The molecule has 0 heterocycles. The van der Waals surface area contributed by atoms with Crippen LogP contribution >= 0.6 is 0 Å². The zero-order valence-corrected chi connectivity index (χ0v) is 11.8. The summed E-state index contributed by atoms with van der Waals surface area (Å²) in [6, 6.07) is 2.17. The fraction of sp³-hybridized carbons (Fsp3) is 0.857. The van der Waals surface area contributed by atoms with Crippen molar-refractivity contribution in [2.75, 3.05) is 13.1 Å². The summed E-state index contributed by atoms with van der Waals surface area (Å²) in [5.41, 5.74) is -0.614. The normalized spacial score (nSPS) is 20.2. The highest BCUT2D eigenvalue weighted by atomic mass is 16.2. The van der Waals surface area contributed by atoms with Crippen molar-refractivity contribution in [2.45, 2.75) is 64.5 Å². The summed E-state index contributed by atoms with van der Waals surface area (Å²) in [6.45, 7) is 7.72. The molecule has 18 heavy (non-hydrogen) atoms. The maximum Gasteiger partial charge on any atom is 0.238 e. The van der Waals surface area contributed by atoms with E-state index >= 15 is 0 Å². The monoisotopic (exact) mass is 251 g/mol. The molecule has 0 spiro atoms. The third-order valence-corrected chi connectivity index (χ3v) is 4.02. The molecule has 1 aliphatic rings. The van der Waals surface area contributed by atoms with Crippen molar-refractivity contribution in [3.05, 3.63) is 0 Å². The van der Waals surface area contributed by atoms with E-state index in [0.717, 1.165) is 38.8 Å². The molecule has 1 rings (SSSR count). The Morgan fingerprint density at radius 2 is 1.89 bits per heavy atom. The molecule has 0 aromatic carbocycles. The van der Waals surface area contributed by atoms with Crippen LogP contribution in [0.2, 0.25) is 0 Å². The summed E-state index contributed by atoms with van der Waals surface area (Å²) in [5, 5.41) is 12.3. The third-order valence-electron chi connectivity index (χ3n) is 4.02. The molecular formula is C14H25N3O. The number of carbonyl (C=O) groups excluding carboxylic acids is 1. The van der Waals surface area contributed by atoms with Gasteiger partial charge in [-0.25, -0.2) is 0 Å². The van der Waals surface area contributed by atoms with Crippen LogP contribution in [-0.2, 0) is 4.79 Å². The predicted molar refractivity (Wildman–Crippen MR) is 72.0 cm³/mol. The van der Waals surface area contributed by atoms with Gasteiger partial charge in [-0.1, -0.05) is 33.1 Å². The standard InChI is InChI=1S/C14H25N3O/c1-4-17(5-2)12(3)13(18)16-14(11-15)9-7-6-8-10-14/h12H,4-10H2,1-3H3,(H,16,18). The number of nitriles is 1. The summed E-state index contributed by atoms with van der Waals surface area (Å²) in [4.78, 5) is 14.3. The van der Waals surface area contributed by atoms with Crippen LogP contribution in [0.15, 0.2) is 0 Å². The van der Waals surface area contributed by atoms with Gasteiger partial charge in [-0.05, 0) is 32.9 Å². The van der Waals surface area contributed by atoms with E-state index in [1.807, 2.05) is 20.8 Å². The Balaban J connectivity index is 2.64. The van der Waals surface area contributed by atoms with Gasteiger partial charge in [0.15, 0.2) is 0 Å². The summed E-state index contributed by atoms with van der Waals surface area (Å²) in [7, 11) is 0. The topological polar surface area (TPSA) is 56.1 Å². The van der Waals surface area contributed by atoms with Crippen LogP contribution in [0, 0.1) is 11.3 Å². The van der Waals surface area contributed by atoms with Gasteiger partial charge < -0.3 is 5.32 Å². The van der Waals surface area contributed by atoms with Crippen LogP contribution < -0.4 is 5.32 Å². The zero-order chi connectivity index (χ0) is 13.6. The molecule has 4 nitrogen and oxygen atoms in total. The minimum Gasteiger partial charge on any atom is -0.336 e. The lowest BCUT2D eigenvalue weighted by molar-refractivity contribution is -0.127. The first-order valence-electron chi connectivity index (χ1n) is 7.06. The first-order chi connectivity index (χ1) is 8.58. The molecule has 102 valence electrons. The van der Waals surface area contributed by atoms with Crippen LogP contribution in [-0.4, -0.2) is 35.5 Å². The molecule has 0 aromatic heterocycles. The quantitative estimate of drug-likeness (QED) is 0.813. The molecule has 1 N–H and O–H groups in total. The van der Waals surface area contributed by atoms with E-state index in [-0.39, 0.29) is 11.9 Å². The second-order valence-electron chi connectivity index (χ2n) is 5.14. The predicted octanol–water partition coefficient (Wildman–Crippen LogP) is 2.06. The molecule has 1 fully saturated rings. The van der Waals surface area contributed by atoms with Gasteiger partial charge in [0.2, 0.25) is 5.91 Å². The first-order valence-corrected chi connectivity index (χ1v) is 7.06. The minimum absolute atomic E-state index is 0.0119. The van der Waals surface area contributed by atoms with Gasteiger partial charge in [0.05, 0.1) is 12.1 Å². The molecule has 4 heteroatoms. The van der Waals surface area contributed by atoms with Gasteiger partial charge in [0.25, 0.3) is 0 Å². The Kier molecular flexibility index (Phi) is 5.61. The zero-order valence-electron chi connectivity index (χ0n) is 11.8. The van der Waals surface area contributed by atoms with E-state index in [4.69, 9.17) is 0 Å². The molecule has 0 radical (unpaired) electrons. The van der Waals surface area contributed by atoms with Crippen molar-refractivity contribution in [1.29, 1.82) is 5.26 Å². The van der Waals surface area contributed by atoms with Gasteiger partial charge in [-0.3, -0.25) is 9.69 Å². The van der Waals surface area contributed by atoms with E-state index in [2.05, 4.69) is 16.3 Å². The number of hydrogen-bond donors (Lipinski definition) is 1. The molecule has 1 saturated carbocycles. The molecule has 1 unspecified atom stereocenters. The Labute approximate surface area is 110 Å². The highest BCUT2D eigenvalue weighted by Crippen LogP contribution is 2.27. The maximum atomic E-state index is 12.2. The average molecular weight is 251 g/mol.